The van der Waals surface area contributed by atoms with E-state index in [1.807, 2.05) is 0 Å². The minimum Gasteiger partial charge on any atom is -0.493 e. The summed E-state index contributed by atoms with van der Waals surface area (Å²) in [5, 5.41) is 0.641. The van der Waals surface area contributed by atoms with Gasteiger partial charge in [-0.2, -0.15) is 0 Å². The number of aromatic amines is 1. The summed E-state index contributed by atoms with van der Waals surface area (Å²) >= 11 is 12.9. The van der Waals surface area contributed by atoms with Crippen LogP contribution in [0.25, 0.3) is 0 Å². The Morgan fingerprint density at radius 2 is 1.66 bits per heavy atom. The lowest BCUT2D eigenvalue weighted by atomic mass is 9.86. The molecule has 3 aliphatic rings. The van der Waals surface area contributed by atoms with Crippen LogP contribution in [0.15, 0.2) is 73.1 Å². The van der Waals surface area contributed by atoms with E-state index in [1.165, 1.54) is 44.6 Å². The smallest absolute Gasteiger partial charge is 0.415 e. The van der Waals surface area contributed by atoms with Gasteiger partial charge in [-0.3, -0.25) is 9.80 Å². The lowest BCUT2D eigenvalue weighted by Crippen LogP contribution is -2.53. The number of pyridine rings is 1. The molecule has 7 rings (SSSR count). The number of carbonyl (C=O) groups is 2. The van der Waals surface area contributed by atoms with Crippen LogP contribution in [-0.2, 0) is 22.4 Å². The first-order chi connectivity index (χ1) is 24.1. The van der Waals surface area contributed by atoms with Crippen molar-refractivity contribution in [2.45, 2.75) is 38.0 Å². The number of methoxy groups -OCH3 is 2. The van der Waals surface area contributed by atoms with Gasteiger partial charge < -0.3 is 18.9 Å². The number of H-pyrrole nitrogens is 1. The van der Waals surface area contributed by atoms with Crippen LogP contribution in [0, 0.1) is 17.6 Å². The number of amides is 1. The molecule has 3 aromatic carbocycles. The molecule has 0 saturated carbocycles. The second kappa shape index (κ2) is 15.6. The third-order valence-corrected chi connectivity index (χ3v) is 9.90. The van der Waals surface area contributed by atoms with Crippen molar-refractivity contribution in [3.63, 3.8) is 0 Å². The molecule has 9 nitrogen and oxygen atoms in total. The number of ether oxygens (including phenoxy) is 4. The molecule has 3 saturated heterocycles. The maximum absolute atomic E-state index is 15.7. The van der Waals surface area contributed by atoms with Crippen LogP contribution < -0.4 is 19.4 Å². The molecule has 1 N–H and O–H groups in total. The number of rotatable bonds is 11. The molecule has 3 aliphatic heterocycles. The Labute approximate surface area is 298 Å². The van der Waals surface area contributed by atoms with Crippen LogP contribution in [0.5, 0.6) is 11.5 Å². The van der Waals surface area contributed by atoms with Gasteiger partial charge in [0.1, 0.15) is 33.9 Å². The molecule has 0 spiro atoms. The fourth-order valence-electron chi connectivity index (χ4n) is 6.49. The lowest BCUT2D eigenvalue weighted by molar-refractivity contribution is -0.377. The molecular weight excluding hydrogens is 691 g/mol. The van der Waals surface area contributed by atoms with Crippen LogP contribution in [0.4, 0.5) is 19.3 Å². The molecule has 3 fully saturated rings. The normalized spacial score (nSPS) is 18.6. The van der Waals surface area contributed by atoms with Gasteiger partial charge in [-0.15, -0.1) is 0 Å². The number of hydrogen-bond acceptors (Lipinski definition) is 7. The number of halogens is 4. The lowest BCUT2D eigenvalue weighted by Gasteiger charge is -2.44. The first-order valence-electron chi connectivity index (χ1n) is 16.2. The number of anilines is 1. The summed E-state index contributed by atoms with van der Waals surface area (Å²) in [5.41, 5.74) is 0.994. The minimum atomic E-state index is -0.962. The van der Waals surface area contributed by atoms with E-state index in [2.05, 4.69) is 9.88 Å². The van der Waals surface area contributed by atoms with E-state index in [0.717, 1.165) is 36.9 Å². The Hall–Kier alpha value is -4.45. The van der Waals surface area contributed by atoms with Gasteiger partial charge in [0.2, 0.25) is 0 Å². The van der Waals surface area contributed by atoms with E-state index < -0.39 is 29.8 Å². The van der Waals surface area contributed by atoms with Crippen LogP contribution >= 0.6 is 23.2 Å². The Morgan fingerprint density at radius 1 is 0.940 bits per heavy atom. The number of para-hydroxylation sites is 1. The molecule has 0 radical (unpaired) electrons. The zero-order chi connectivity index (χ0) is 35.4. The molecule has 1 aromatic heterocycles. The SMILES string of the molecule is COc1ccc([C@H](Cc2c(Cl)c[nH+]cc2Cl)OC(=O)c2ccc(CN(C(=O)O[C@H]3CN4CCC3CC4)c3ccccc3F)cc2F)cc1OC. The predicted octanol–water partition coefficient (Wildman–Crippen LogP) is 7.48. The summed E-state index contributed by atoms with van der Waals surface area (Å²) in [4.78, 5) is 33.3. The van der Waals surface area contributed by atoms with Crippen molar-refractivity contribution < 1.29 is 42.3 Å². The molecule has 0 unspecified atom stereocenters. The summed E-state index contributed by atoms with van der Waals surface area (Å²) in [6, 6.07) is 14.7. The number of esters is 1. The van der Waals surface area contributed by atoms with Gasteiger partial charge in [-0.05, 0) is 79.4 Å². The number of benzene rings is 3. The maximum atomic E-state index is 15.7. The number of nitrogens with zero attached hydrogens (tertiary/aromatic N) is 2. The average molecular weight is 728 g/mol. The van der Waals surface area contributed by atoms with Gasteiger partial charge in [-0.1, -0.05) is 47.5 Å². The van der Waals surface area contributed by atoms with Crippen molar-refractivity contribution in [1.29, 1.82) is 0 Å². The summed E-state index contributed by atoms with van der Waals surface area (Å²) in [5.74, 6) is -1.36. The van der Waals surface area contributed by atoms with Crippen LogP contribution in [0.1, 0.15) is 46.0 Å². The highest BCUT2D eigenvalue weighted by atomic mass is 35.5. The van der Waals surface area contributed by atoms with Crippen molar-refractivity contribution in [2.24, 2.45) is 5.92 Å². The molecule has 4 heterocycles. The minimum absolute atomic E-state index is 0.00346. The average Bonchev–Trinajstić information content (AvgIpc) is 3.12. The Balaban J connectivity index is 1.24. The zero-order valence-electron chi connectivity index (χ0n) is 27.5. The first kappa shape index (κ1) is 35.4. The molecule has 0 aliphatic carbocycles. The largest absolute Gasteiger partial charge is 0.493 e. The number of piperidine rings is 3. The molecule has 2 bridgehead atoms. The van der Waals surface area contributed by atoms with Crippen molar-refractivity contribution >= 4 is 41.0 Å². The highest BCUT2D eigenvalue weighted by Crippen LogP contribution is 2.36. The third kappa shape index (κ3) is 7.80. The summed E-state index contributed by atoms with van der Waals surface area (Å²) in [7, 11) is 2.98. The van der Waals surface area contributed by atoms with Gasteiger partial charge in [0, 0.05) is 18.5 Å². The standard InChI is InChI=1S/C37H35Cl2F2N3O6/c1-47-32-10-8-24(16-34(32)48-2)33(17-26-27(38)18-42-19-28(26)39)49-36(45)25-9-7-22(15-30(25)41)20-44(31-6-4-3-5-29(31)40)37(46)50-35-21-43-13-11-23(35)12-14-43/h3-10,15-16,18-19,23,33,35H,11-14,17,20-21H2,1-2H3/p+1/t33-,35-/m0/s1. The Morgan fingerprint density at radius 3 is 2.30 bits per heavy atom. The fourth-order valence-corrected chi connectivity index (χ4v) is 7.02. The number of carbonyl (C=O) groups excluding carboxylic acids is 2. The third-order valence-electron chi connectivity index (χ3n) is 9.22. The van der Waals surface area contributed by atoms with E-state index in [1.54, 1.807) is 36.7 Å². The monoisotopic (exact) mass is 726 g/mol. The van der Waals surface area contributed by atoms with E-state index in [4.69, 9.17) is 42.1 Å². The summed E-state index contributed by atoms with van der Waals surface area (Å²) in [6.45, 7) is 2.35. The molecule has 50 heavy (non-hydrogen) atoms. The second-order valence-electron chi connectivity index (χ2n) is 12.3. The van der Waals surface area contributed by atoms with Crippen LogP contribution in [0.3, 0.4) is 0 Å². The topological polar surface area (TPSA) is 91.7 Å². The Bertz CT molecular complexity index is 1850. The van der Waals surface area contributed by atoms with E-state index >= 15 is 8.78 Å². The number of aromatic nitrogens is 1. The number of hydrogen-bond donors (Lipinski definition) is 0. The molecule has 262 valence electrons. The van der Waals surface area contributed by atoms with Crippen molar-refractivity contribution in [3.8, 4) is 11.5 Å². The molecule has 1 amide bonds. The predicted molar refractivity (Wildman–Crippen MR) is 183 cm³/mol. The molecular formula is C37H36Cl2F2N3O6+. The van der Waals surface area contributed by atoms with Crippen LogP contribution in [0.2, 0.25) is 10.0 Å². The highest BCUT2D eigenvalue weighted by molar-refractivity contribution is 6.35. The Kier molecular flexibility index (Phi) is 11.1. The van der Waals surface area contributed by atoms with Gasteiger partial charge in [-0.25, -0.2) is 23.4 Å². The molecule has 4 aromatic rings. The van der Waals surface area contributed by atoms with Crippen molar-refractivity contribution in [1.82, 2.24) is 4.90 Å². The van der Waals surface area contributed by atoms with Gasteiger partial charge >= 0.3 is 12.1 Å². The van der Waals surface area contributed by atoms with Crippen molar-refractivity contribution in [3.05, 3.63) is 117 Å². The van der Waals surface area contributed by atoms with Crippen molar-refractivity contribution in [2.75, 3.05) is 38.8 Å². The van der Waals surface area contributed by atoms with Crippen LogP contribution in [-0.4, -0.2) is 56.9 Å². The summed E-state index contributed by atoms with van der Waals surface area (Å²) < 4.78 is 53.4. The van der Waals surface area contributed by atoms with Gasteiger partial charge in [0.25, 0.3) is 0 Å². The van der Waals surface area contributed by atoms with E-state index in [9.17, 15) is 9.59 Å². The second-order valence-corrected chi connectivity index (χ2v) is 13.1. The zero-order valence-corrected chi connectivity index (χ0v) is 29.0. The molecule has 2 atom stereocenters. The van der Waals surface area contributed by atoms with Gasteiger partial charge in [0.15, 0.2) is 23.9 Å². The van der Waals surface area contributed by atoms with E-state index in [0.29, 0.717) is 44.8 Å². The van der Waals surface area contributed by atoms with Gasteiger partial charge in [0.05, 0.1) is 32.0 Å². The quantitative estimate of drug-likeness (QED) is 0.148. The van der Waals surface area contributed by atoms with E-state index in [-0.39, 0.29) is 36.2 Å². The first-order valence-corrected chi connectivity index (χ1v) is 16.9. The molecule has 13 heteroatoms. The summed E-state index contributed by atoms with van der Waals surface area (Å²) in [6.07, 6.45) is 3.01. The fraction of sp³-hybridized carbons (Fsp3) is 0.324. The highest BCUT2D eigenvalue weighted by Gasteiger charge is 2.38. The number of nitrogens with one attached hydrogen (secondary N) is 1. The number of fused-ring (bicyclic) bond motifs is 3. The maximum Gasteiger partial charge on any atom is 0.415 e.